The highest BCUT2D eigenvalue weighted by Gasteiger charge is 2.34. The molecule has 1 saturated heterocycles. The normalized spacial score (nSPS) is 19.5. The summed E-state index contributed by atoms with van der Waals surface area (Å²) in [5, 5.41) is 5.65. The van der Waals surface area contributed by atoms with Crippen LogP contribution in [0.25, 0.3) is 11.0 Å². The molecule has 86 valence electrons. The minimum Gasteiger partial charge on any atom is -0.461 e. The van der Waals surface area contributed by atoms with Gasteiger partial charge in [0.25, 0.3) is 5.91 Å². The summed E-state index contributed by atoms with van der Waals surface area (Å²) in [5.74, 6) is 0.304. The van der Waals surface area contributed by atoms with Crippen LogP contribution in [0.15, 0.2) is 28.7 Å². The fourth-order valence-corrected chi connectivity index (χ4v) is 2.17. The number of carbonyl (C=O) groups is 2. The van der Waals surface area contributed by atoms with Gasteiger partial charge in [0.2, 0.25) is 0 Å². The van der Waals surface area contributed by atoms with Gasteiger partial charge in [-0.1, -0.05) is 18.2 Å². The van der Waals surface area contributed by atoms with Gasteiger partial charge >= 0.3 is 6.03 Å². The lowest BCUT2D eigenvalue weighted by Gasteiger charge is -2.05. The minimum absolute atomic E-state index is 0.343. The minimum atomic E-state index is -0.661. The highest BCUT2D eigenvalue weighted by atomic mass is 16.3. The largest absolute Gasteiger partial charge is 0.461 e. The molecule has 1 aromatic carbocycles. The highest BCUT2D eigenvalue weighted by molar-refractivity contribution is 6.06. The third-order valence-electron chi connectivity index (χ3n) is 2.88. The van der Waals surface area contributed by atoms with Gasteiger partial charge in [-0.15, -0.1) is 0 Å². The predicted octanol–water partition coefficient (Wildman–Crippen LogP) is 1.62. The monoisotopic (exact) mass is 230 g/mol. The Kier molecular flexibility index (Phi) is 1.95. The number of fused-ring (bicyclic) bond motifs is 1. The van der Waals surface area contributed by atoms with E-state index in [1.54, 1.807) is 6.92 Å². The van der Waals surface area contributed by atoms with Crippen LogP contribution in [-0.2, 0) is 4.79 Å². The molecular formula is C12H10N2O3. The molecule has 1 fully saturated rings. The van der Waals surface area contributed by atoms with Gasteiger partial charge in [0, 0.05) is 10.9 Å². The molecule has 2 aromatic rings. The van der Waals surface area contributed by atoms with E-state index in [-0.39, 0.29) is 5.91 Å². The summed E-state index contributed by atoms with van der Waals surface area (Å²) in [7, 11) is 0. The van der Waals surface area contributed by atoms with Crippen LogP contribution < -0.4 is 10.6 Å². The van der Waals surface area contributed by atoms with Gasteiger partial charge in [-0.3, -0.25) is 10.1 Å². The first-order valence-corrected chi connectivity index (χ1v) is 5.26. The molecule has 5 heteroatoms. The zero-order valence-corrected chi connectivity index (χ0v) is 9.11. The Labute approximate surface area is 96.8 Å². The van der Waals surface area contributed by atoms with E-state index in [0.29, 0.717) is 11.3 Å². The average Bonchev–Trinajstić information content (AvgIpc) is 2.77. The van der Waals surface area contributed by atoms with Gasteiger partial charge in [0.1, 0.15) is 17.4 Å². The topological polar surface area (TPSA) is 71.3 Å². The van der Waals surface area contributed by atoms with Crippen molar-refractivity contribution in [1.29, 1.82) is 0 Å². The summed E-state index contributed by atoms with van der Waals surface area (Å²) in [6.45, 7) is 1.78. The fourth-order valence-electron chi connectivity index (χ4n) is 2.17. The van der Waals surface area contributed by atoms with Gasteiger partial charge in [-0.2, -0.15) is 0 Å². The van der Waals surface area contributed by atoms with Crippen LogP contribution in [0.1, 0.15) is 17.4 Å². The second kappa shape index (κ2) is 3.35. The van der Waals surface area contributed by atoms with Gasteiger partial charge < -0.3 is 9.73 Å². The number of amides is 3. The van der Waals surface area contributed by atoms with E-state index < -0.39 is 12.1 Å². The zero-order chi connectivity index (χ0) is 12.0. The smallest absolute Gasteiger partial charge is 0.322 e. The lowest BCUT2D eigenvalue weighted by molar-refractivity contribution is -0.120. The average molecular weight is 230 g/mol. The Bertz CT molecular complexity index is 630. The van der Waals surface area contributed by atoms with E-state index in [4.69, 9.17) is 4.42 Å². The maximum absolute atomic E-state index is 11.6. The lowest BCUT2D eigenvalue weighted by Crippen LogP contribution is -2.22. The van der Waals surface area contributed by atoms with E-state index in [9.17, 15) is 9.59 Å². The van der Waals surface area contributed by atoms with Crippen molar-refractivity contribution in [2.45, 2.75) is 13.0 Å². The molecule has 3 rings (SSSR count). The summed E-state index contributed by atoms with van der Waals surface area (Å²) in [6, 6.07) is 6.31. The summed E-state index contributed by atoms with van der Waals surface area (Å²) >= 11 is 0. The van der Waals surface area contributed by atoms with Crippen molar-refractivity contribution in [1.82, 2.24) is 10.6 Å². The number of imide groups is 1. The van der Waals surface area contributed by atoms with E-state index >= 15 is 0 Å². The van der Waals surface area contributed by atoms with Gasteiger partial charge in [0.15, 0.2) is 0 Å². The number of furan rings is 1. The molecular weight excluding hydrogens is 220 g/mol. The van der Waals surface area contributed by atoms with Crippen molar-refractivity contribution in [3.8, 4) is 0 Å². The zero-order valence-electron chi connectivity index (χ0n) is 9.11. The van der Waals surface area contributed by atoms with Crippen molar-refractivity contribution in [2.75, 3.05) is 0 Å². The molecule has 3 amide bonds. The molecule has 0 aliphatic carbocycles. The second-order valence-electron chi connectivity index (χ2n) is 3.96. The molecule has 1 atom stereocenters. The molecule has 0 saturated carbocycles. The molecule has 2 N–H and O–H groups in total. The van der Waals surface area contributed by atoms with Crippen molar-refractivity contribution in [3.63, 3.8) is 0 Å². The van der Waals surface area contributed by atoms with Crippen molar-refractivity contribution in [3.05, 3.63) is 35.6 Å². The fraction of sp³-hybridized carbons (Fsp3) is 0.167. The van der Waals surface area contributed by atoms with Crippen molar-refractivity contribution >= 4 is 22.9 Å². The van der Waals surface area contributed by atoms with E-state index in [1.807, 2.05) is 24.3 Å². The first kappa shape index (κ1) is 9.89. The Morgan fingerprint density at radius 2 is 2.00 bits per heavy atom. The number of rotatable bonds is 1. The van der Waals surface area contributed by atoms with Crippen molar-refractivity contribution in [2.24, 2.45) is 0 Å². The van der Waals surface area contributed by atoms with Crippen LogP contribution in [0.4, 0.5) is 4.79 Å². The second-order valence-corrected chi connectivity index (χ2v) is 3.96. The maximum atomic E-state index is 11.6. The molecule has 0 bridgehead atoms. The number of para-hydroxylation sites is 1. The number of hydrogen-bond acceptors (Lipinski definition) is 3. The number of benzene rings is 1. The molecule has 17 heavy (non-hydrogen) atoms. The number of urea groups is 1. The van der Waals surface area contributed by atoms with E-state index in [1.165, 1.54) is 0 Å². The summed E-state index contributed by atoms with van der Waals surface area (Å²) in [6.07, 6.45) is 0. The Morgan fingerprint density at radius 3 is 2.71 bits per heavy atom. The van der Waals surface area contributed by atoms with Crippen LogP contribution in [0, 0.1) is 6.92 Å². The van der Waals surface area contributed by atoms with Gasteiger partial charge in [-0.05, 0) is 13.0 Å². The van der Waals surface area contributed by atoms with Crippen LogP contribution >= 0.6 is 0 Å². The Morgan fingerprint density at radius 1 is 1.24 bits per heavy atom. The standard InChI is InChI=1S/C12H10N2O3/c1-6-9(10-11(15)14-12(16)13-10)7-4-2-3-5-8(7)17-6/h2-5,10H,1H3,(H2,13,14,15,16). The predicted molar refractivity (Wildman–Crippen MR) is 60.4 cm³/mol. The molecule has 2 heterocycles. The molecule has 0 spiro atoms. The number of carbonyl (C=O) groups excluding carboxylic acids is 2. The van der Waals surface area contributed by atoms with Crippen LogP contribution in [-0.4, -0.2) is 11.9 Å². The Balaban J connectivity index is 2.20. The van der Waals surface area contributed by atoms with Crippen LogP contribution in [0.2, 0.25) is 0 Å². The third kappa shape index (κ3) is 1.39. The number of aryl methyl sites for hydroxylation is 1. The Hall–Kier alpha value is -2.30. The maximum Gasteiger partial charge on any atom is 0.322 e. The summed E-state index contributed by atoms with van der Waals surface area (Å²) in [5.41, 5.74) is 1.44. The number of hydrogen-bond donors (Lipinski definition) is 2. The van der Waals surface area contributed by atoms with Gasteiger partial charge in [0.05, 0.1) is 0 Å². The van der Waals surface area contributed by atoms with E-state index in [2.05, 4.69) is 10.6 Å². The third-order valence-corrected chi connectivity index (χ3v) is 2.88. The number of nitrogens with one attached hydrogen (secondary N) is 2. The molecule has 5 nitrogen and oxygen atoms in total. The summed E-state index contributed by atoms with van der Waals surface area (Å²) in [4.78, 5) is 22.8. The summed E-state index contributed by atoms with van der Waals surface area (Å²) < 4.78 is 5.56. The molecule has 1 aromatic heterocycles. The molecule has 1 aliphatic rings. The molecule has 1 unspecified atom stereocenters. The first-order valence-electron chi connectivity index (χ1n) is 5.26. The van der Waals surface area contributed by atoms with Gasteiger partial charge in [-0.25, -0.2) is 4.79 Å². The quantitative estimate of drug-likeness (QED) is 0.731. The highest BCUT2D eigenvalue weighted by Crippen LogP contribution is 2.31. The van der Waals surface area contributed by atoms with Crippen LogP contribution in [0.5, 0.6) is 0 Å². The molecule has 1 aliphatic heterocycles. The molecule has 0 radical (unpaired) electrons. The van der Waals surface area contributed by atoms with E-state index in [0.717, 1.165) is 10.9 Å². The van der Waals surface area contributed by atoms with Crippen LogP contribution in [0.3, 0.4) is 0 Å². The SMILES string of the molecule is Cc1oc2ccccc2c1C1NC(=O)NC1=O. The lowest BCUT2D eigenvalue weighted by atomic mass is 10.0. The first-order chi connectivity index (χ1) is 8.16. The van der Waals surface area contributed by atoms with Crippen molar-refractivity contribution < 1.29 is 14.0 Å².